The van der Waals surface area contributed by atoms with Crippen LogP contribution in [0.1, 0.15) is 5.56 Å². The van der Waals surface area contributed by atoms with Crippen LogP contribution in [-0.2, 0) is 0 Å². The van der Waals surface area contributed by atoms with Gasteiger partial charge in [-0.15, -0.1) is 0 Å². The first kappa shape index (κ1) is 12.3. The highest BCUT2D eigenvalue weighted by Crippen LogP contribution is 2.23. The number of nitriles is 1. The molecule has 2 rings (SSSR count). The summed E-state index contributed by atoms with van der Waals surface area (Å²) in [6.07, 6.45) is 0. The van der Waals surface area contributed by atoms with Gasteiger partial charge in [-0.3, -0.25) is 0 Å². The second-order valence-electron chi connectivity index (χ2n) is 3.64. The van der Waals surface area contributed by atoms with Gasteiger partial charge in [0.15, 0.2) is 0 Å². The van der Waals surface area contributed by atoms with E-state index < -0.39 is 0 Å². The lowest BCUT2D eigenvalue weighted by atomic mass is 10.2. The fourth-order valence-corrected chi connectivity index (χ4v) is 1.87. The number of nitrogens with two attached hydrogens (primary N) is 1. The molecule has 0 spiro atoms. The molecule has 90 valence electrons. The summed E-state index contributed by atoms with van der Waals surface area (Å²) in [4.78, 5) is 10.1. The molecule has 0 aliphatic rings. The van der Waals surface area contributed by atoms with E-state index in [0.717, 1.165) is 5.69 Å². The number of halogens is 1. The predicted octanol–water partition coefficient (Wildman–Crippen LogP) is 2.46. The number of anilines is 3. The Balaban J connectivity index is 2.41. The van der Waals surface area contributed by atoms with Gasteiger partial charge in [-0.25, -0.2) is 4.98 Å². The molecule has 0 atom stereocenters. The average molecular weight is 304 g/mol. The van der Waals surface area contributed by atoms with Crippen LogP contribution in [0.3, 0.4) is 0 Å². The molecule has 0 fully saturated rings. The minimum absolute atomic E-state index is 0.384. The molecule has 0 radical (unpaired) electrons. The highest BCUT2D eigenvalue weighted by atomic mass is 79.9. The van der Waals surface area contributed by atoms with Crippen LogP contribution >= 0.6 is 15.9 Å². The van der Waals surface area contributed by atoms with Gasteiger partial charge in [-0.1, -0.05) is 6.07 Å². The van der Waals surface area contributed by atoms with Crippen molar-refractivity contribution in [3.05, 3.63) is 40.5 Å². The Morgan fingerprint density at radius 2 is 2.11 bits per heavy atom. The molecule has 0 aliphatic carbocycles. The van der Waals surface area contributed by atoms with Crippen LogP contribution in [0, 0.1) is 11.3 Å². The standard InChI is InChI=1S/C12H10BrN5/c1-18(9-4-2-3-8(5-9)7-14)12-16-10(13)6-11(15)17-12/h2-6H,1H3,(H2,15,16,17). The molecule has 0 aliphatic heterocycles. The Morgan fingerprint density at radius 3 is 2.78 bits per heavy atom. The molecule has 5 nitrogen and oxygen atoms in total. The van der Waals surface area contributed by atoms with Crippen LogP contribution in [0.25, 0.3) is 0 Å². The van der Waals surface area contributed by atoms with E-state index in [2.05, 4.69) is 32.0 Å². The van der Waals surface area contributed by atoms with Gasteiger partial charge in [-0.05, 0) is 34.1 Å². The quantitative estimate of drug-likeness (QED) is 0.862. The van der Waals surface area contributed by atoms with E-state index in [1.807, 2.05) is 19.2 Å². The lowest BCUT2D eigenvalue weighted by molar-refractivity contribution is 1.03. The zero-order chi connectivity index (χ0) is 13.1. The Bertz CT molecular complexity index is 600. The summed E-state index contributed by atoms with van der Waals surface area (Å²) in [5.74, 6) is 0.854. The molecule has 6 heteroatoms. The van der Waals surface area contributed by atoms with Crippen molar-refractivity contribution in [3.63, 3.8) is 0 Å². The topological polar surface area (TPSA) is 78.8 Å². The number of rotatable bonds is 2. The second kappa shape index (κ2) is 5.02. The third kappa shape index (κ3) is 2.57. The van der Waals surface area contributed by atoms with E-state index >= 15 is 0 Å². The maximum atomic E-state index is 8.88. The molecule has 2 N–H and O–H groups in total. The molecule has 1 heterocycles. The molecule has 2 aromatic rings. The maximum Gasteiger partial charge on any atom is 0.232 e. The van der Waals surface area contributed by atoms with Crippen molar-refractivity contribution in [2.45, 2.75) is 0 Å². The average Bonchev–Trinajstić information content (AvgIpc) is 2.37. The van der Waals surface area contributed by atoms with E-state index in [4.69, 9.17) is 11.0 Å². The number of hydrogen-bond donors (Lipinski definition) is 1. The van der Waals surface area contributed by atoms with Crippen molar-refractivity contribution in [1.29, 1.82) is 5.26 Å². The Kier molecular flexibility index (Phi) is 3.44. The van der Waals surface area contributed by atoms with Crippen molar-refractivity contribution in [3.8, 4) is 6.07 Å². The van der Waals surface area contributed by atoms with Gasteiger partial charge in [0.1, 0.15) is 10.4 Å². The van der Waals surface area contributed by atoms with Crippen LogP contribution in [0.4, 0.5) is 17.5 Å². The number of nitrogen functional groups attached to an aromatic ring is 1. The summed E-state index contributed by atoms with van der Waals surface area (Å²) in [7, 11) is 1.82. The second-order valence-corrected chi connectivity index (χ2v) is 4.45. The Labute approximate surface area is 113 Å². The highest BCUT2D eigenvalue weighted by molar-refractivity contribution is 9.10. The van der Waals surface area contributed by atoms with Gasteiger partial charge >= 0.3 is 0 Å². The molecule has 0 saturated heterocycles. The molecule has 0 saturated carbocycles. The smallest absolute Gasteiger partial charge is 0.232 e. The predicted molar refractivity (Wildman–Crippen MR) is 73.4 cm³/mol. The number of benzene rings is 1. The Morgan fingerprint density at radius 1 is 1.33 bits per heavy atom. The molecule has 1 aromatic carbocycles. The van der Waals surface area contributed by atoms with E-state index in [9.17, 15) is 0 Å². The normalized spacial score (nSPS) is 9.83. The largest absolute Gasteiger partial charge is 0.383 e. The van der Waals surface area contributed by atoms with Gasteiger partial charge in [-0.2, -0.15) is 10.2 Å². The lowest BCUT2D eigenvalue weighted by Crippen LogP contribution is -2.14. The fraction of sp³-hybridized carbons (Fsp3) is 0.0833. The molecule has 18 heavy (non-hydrogen) atoms. The summed E-state index contributed by atoms with van der Waals surface area (Å²) in [5, 5.41) is 8.88. The van der Waals surface area contributed by atoms with Crippen LogP contribution in [0.2, 0.25) is 0 Å². The zero-order valence-electron chi connectivity index (χ0n) is 9.63. The number of aromatic nitrogens is 2. The van der Waals surface area contributed by atoms with Crippen molar-refractivity contribution < 1.29 is 0 Å². The molecular formula is C12H10BrN5. The fourth-order valence-electron chi connectivity index (χ4n) is 1.47. The monoisotopic (exact) mass is 303 g/mol. The zero-order valence-corrected chi connectivity index (χ0v) is 11.2. The summed E-state index contributed by atoms with van der Waals surface area (Å²) in [5.41, 5.74) is 7.08. The summed E-state index contributed by atoms with van der Waals surface area (Å²) < 4.78 is 0.619. The number of hydrogen-bond acceptors (Lipinski definition) is 5. The lowest BCUT2D eigenvalue weighted by Gasteiger charge is -2.17. The van der Waals surface area contributed by atoms with Crippen LogP contribution in [-0.4, -0.2) is 17.0 Å². The van der Waals surface area contributed by atoms with E-state index in [0.29, 0.717) is 21.9 Å². The minimum atomic E-state index is 0.384. The first-order valence-corrected chi connectivity index (χ1v) is 5.93. The van der Waals surface area contributed by atoms with Crippen molar-refractivity contribution in [1.82, 2.24) is 9.97 Å². The third-order valence-electron chi connectivity index (χ3n) is 2.37. The third-order valence-corrected chi connectivity index (χ3v) is 2.77. The first-order valence-electron chi connectivity index (χ1n) is 5.14. The molecular weight excluding hydrogens is 294 g/mol. The van der Waals surface area contributed by atoms with E-state index in [1.165, 1.54) is 0 Å². The van der Waals surface area contributed by atoms with Crippen LogP contribution < -0.4 is 10.6 Å². The van der Waals surface area contributed by atoms with Gasteiger partial charge in [0.2, 0.25) is 5.95 Å². The highest BCUT2D eigenvalue weighted by Gasteiger charge is 2.09. The molecule has 0 amide bonds. The summed E-state index contributed by atoms with van der Waals surface area (Å²) in [6.45, 7) is 0. The van der Waals surface area contributed by atoms with Gasteiger partial charge in [0.05, 0.1) is 11.6 Å². The summed E-state index contributed by atoms with van der Waals surface area (Å²) >= 11 is 3.27. The molecule has 0 bridgehead atoms. The maximum absolute atomic E-state index is 8.88. The van der Waals surface area contributed by atoms with Crippen molar-refractivity contribution >= 4 is 33.4 Å². The SMILES string of the molecule is CN(c1cccc(C#N)c1)c1nc(N)cc(Br)n1. The number of nitrogens with zero attached hydrogens (tertiary/aromatic N) is 4. The van der Waals surface area contributed by atoms with Gasteiger partial charge < -0.3 is 10.6 Å². The van der Waals surface area contributed by atoms with E-state index in [-0.39, 0.29) is 0 Å². The Hall–Kier alpha value is -2.13. The molecule has 1 aromatic heterocycles. The molecule has 0 unspecified atom stereocenters. The minimum Gasteiger partial charge on any atom is -0.383 e. The summed E-state index contributed by atoms with van der Waals surface area (Å²) in [6, 6.07) is 10.9. The van der Waals surface area contributed by atoms with Crippen LogP contribution in [0.5, 0.6) is 0 Å². The van der Waals surface area contributed by atoms with E-state index in [1.54, 1.807) is 23.1 Å². The van der Waals surface area contributed by atoms with Crippen molar-refractivity contribution in [2.75, 3.05) is 17.7 Å². The van der Waals surface area contributed by atoms with Crippen molar-refractivity contribution in [2.24, 2.45) is 0 Å². The van der Waals surface area contributed by atoms with Gasteiger partial charge in [0.25, 0.3) is 0 Å². The first-order chi connectivity index (χ1) is 8.60. The van der Waals surface area contributed by atoms with Gasteiger partial charge in [0, 0.05) is 18.8 Å². The van der Waals surface area contributed by atoms with Crippen LogP contribution in [0.15, 0.2) is 34.9 Å².